The Labute approximate surface area is 174 Å². The van der Waals surface area contributed by atoms with Crippen molar-refractivity contribution in [3.05, 3.63) is 83.9 Å². The molecule has 7 nitrogen and oxygen atoms in total. The SMILES string of the molecule is C=CC[C@H](NC(=O)[C@H](Cc1ccccc1)N1C(=O)c2ccccc2C1=O)C(=O)OC. The highest BCUT2D eigenvalue weighted by molar-refractivity contribution is 6.22. The Morgan fingerprint density at radius 1 is 1.03 bits per heavy atom. The molecule has 2 aromatic rings. The summed E-state index contributed by atoms with van der Waals surface area (Å²) in [5.41, 5.74) is 1.28. The van der Waals surface area contributed by atoms with Gasteiger partial charge in [0, 0.05) is 6.42 Å². The van der Waals surface area contributed by atoms with Crippen molar-refractivity contribution in [3.63, 3.8) is 0 Å². The Hall–Kier alpha value is -3.74. The van der Waals surface area contributed by atoms with Gasteiger partial charge in [0.15, 0.2) is 0 Å². The van der Waals surface area contributed by atoms with E-state index in [2.05, 4.69) is 11.9 Å². The maximum absolute atomic E-state index is 13.2. The molecule has 2 aromatic carbocycles. The number of carbonyl (C=O) groups is 4. The molecular formula is C23H22N2O5. The number of amides is 3. The smallest absolute Gasteiger partial charge is 0.328 e. The van der Waals surface area contributed by atoms with Gasteiger partial charge in [-0.3, -0.25) is 19.3 Å². The van der Waals surface area contributed by atoms with Crippen LogP contribution in [0.4, 0.5) is 0 Å². The largest absolute Gasteiger partial charge is 0.467 e. The topological polar surface area (TPSA) is 92.8 Å². The van der Waals surface area contributed by atoms with Gasteiger partial charge in [-0.15, -0.1) is 6.58 Å². The Bertz CT molecular complexity index is 951. The van der Waals surface area contributed by atoms with Crippen LogP contribution in [-0.2, 0) is 20.7 Å². The van der Waals surface area contributed by atoms with Crippen molar-refractivity contribution in [2.75, 3.05) is 7.11 Å². The number of nitrogens with zero attached hydrogens (tertiary/aromatic N) is 1. The van der Waals surface area contributed by atoms with Crippen molar-refractivity contribution in [3.8, 4) is 0 Å². The van der Waals surface area contributed by atoms with Gasteiger partial charge in [0.25, 0.3) is 11.8 Å². The van der Waals surface area contributed by atoms with Gasteiger partial charge >= 0.3 is 5.97 Å². The summed E-state index contributed by atoms with van der Waals surface area (Å²) in [4.78, 5) is 52.1. The lowest BCUT2D eigenvalue weighted by molar-refractivity contribution is -0.145. The maximum Gasteiger partial charge on any atom is 0.328 e. The normalized spacial score (nSPS) is 14.6. The number of fused-ring (bicyclic) bond motifs is 1. The fourth-order valence-corrected chi connectivity index (χ4v) is 3.42. The molecule has 1 heterocycles. The van der Waals surface area contributed by atoms with Crippen LogP contribution in [0.5, 0.6) is 0 Å². The molecule has 3 amide bonds. The molecule has 1 N–H and O–H groups in total. The summed E-state index contributed by atoms with van der Waals surface area (Å²) in [6.07, 6.45) is 1.74. The third-order valence-electron chi connectivity index (χ3n) is 4.92. The summed E-state index contributed by atoms with van der Waals surface area (Å²) in [5.74, 6) is -2.33. The molecule has 30 heavy (non-hydrogen) atoms. The Morgan fingerprint density at radius 3 is 2.13 bits per heavy atom. The van der Waals surface area contributed by atoms with Crippen LogP contribution in [0.2, 0.25) is 0 Å². The first-order valence-electron chi connectivity index (χ1n) is 9.47. The van der Waals surface area contributed by atoms with Crippen LogP contribution < -0.4 is 5.32 Å². The number of benzene rings is 2. The van der Waals surface area contributed by atoms with E-state index in [1.165, 1.54) is 13.2 Å². The predicted molar refractivity (Wildman–Crippen MR) is 110 cm³/mol. The zero-order valence-electron chi connectivity index (χ0n) is 16.5. The average molecular weight is 406 g/mol. The summed E-state index contributed by atoms with van der Waals surface area (Å²) in [6, 6.07) is 13.4. The van der Waals surface area contributed by atoms with Crippen molar-refractivity contribution < 1.29 is 23.9 Å². The Balaban J connectivity index is 1.94. The number of methoxy groups -OCH3 is 1. The predicted octanol–water partition coefficient (Wildman–Crippen LogP) is 2.13. The molecule has 0 bridgehead atoms. The van der Waals surface area contributed by atoms with Crippen LogP contribution in [-0.4, -0.2) is 47.8 Å². The van der Waals surface area contributed by atoms with Crippen LogP contribution in [0.25, 0.3) is 0 Å². The van der Waals surface area contributed by atoms with Crippen LogP contribution in [0.3, 0.4) is 0 Å². The number of rotatable bonds is 8. The molecule has 0 saturated heterocycles. The van der Waals surface area contributed by atoms with Gasteiger partial charge in [-0.25, -0.2) is 4.79 Å². The van der Waals surface area contributed by atoms with E-state index >= 15 is 0 Å². The van der Waals surface area contributed by atoms with Gasteiger partial charge < -0.3 is 10.1 Å². The molecule has 0 unspecified atom stereocenters. The molecule has 0 radical (unpaired) electrons. The molecule has 0 aromatic heterocycles. The highest BCUT2D eigenvalue weighted by Crippen LogP contribution is 2.26. The Morgan fingerprint density at radius 2 is 1.60 bits per heavy atom. The quantitative estimate of drug-likeness (QED) is 0.412. The van der Waals surface area contributed by atoms with Crippen molar-refractivity contribution in [1.29, 1.82) is 0 Å². The maximum atomic E-state index is 13.2. The van der Waals surface area contributed by atoms with E-state index < -0.39 is 35.8 Å². The standard InChI is InChI=1S/C23H22N2O5/c1-3-9-18(23(29)30-2)24-20(26)19(14-15-10-5-4-6-11-15)25-21(27)16-12-7-8-13-17(16)22(25)28/h3-8,10-13,18-19H,1,9,14H2,2H3,(H,24,26)/t18-,19-/m0/s1. The minimum Gasteiger partial charge on any atom is -0.467 e. The van der Waals surface area contributed by atoms with Crippen molar-refractivity contribution in [2.24, 2.45) is 0 Å². The van der Waals surface area contributed by atoms with Gasteiger partial charge in [-0.1, -0.05) is 48.5 Å². The lowest BCUT2D eigenvalue weighted by atomic mass is 10.0. The first kappa shape index (κ1) is 21.0. The Kier molecular flexibility index (Phi) is 6.41. The average Bonchev–Trinajstić information content (AvgIpc) is 3.02. The third-order valence-corrected chi connectivity index (χ3v) is 4.92. The lowest BCUT2D eigenvalue weighted by Gasteiger charge is -2.27. The van der Waals surface area contributed by atoms with E-state index in [0.29, 0.717) is 0 Å². The molecule has 2 atom stereocenters. The number of ether oxygens (including phenoxy) is 1. The summed E-state index contributed by atoms with van der Waals surface area (Å²) < 4.78 is 4.73. The monoisotopic (exact) mass is 406 g/mol. The molecule has 0 fully saturated rings. The highest BCUT2D eigenvalue weighted by atomic mass is 16.5. The first-order chi connectivity index (χ1) is 14.5. The van der Waals surface area contributed by atoms with E-state index in [4.69, 9.17) is 4.74 Å². The zero-order chi connectivity index (χ0) is 21.7. The fraction of sp³-hybridized carbons (Fsp3) is 0.217. The third kappa shape index (κ3) is 4.15. The minimum atomic E-state index is -1.13. The molecule has 0 aliphatic carbocycles. The van der Waals surface area contributed by atoms with E-state index in [1.807, 2.05) is 18.2 Å². The number of hydrogen-bond donors (Lipinski definition) is 1. The van der Waals surface area contributed by atoms with E-state index in [-0.39, 0.29) is 24.0 Å². The number of imide groups is 1. The molecule has 7 heteroatoms. The number of carbonyl (C=O) groups excluding carboxylic acids is 4. The second-order valence-corrected chi connectivity index (χ2v) is 6.84. The number of esters is 1. The number of nitrogens with one attached hydrogen (secondary N) is 1. The molecule has 0 saturated carbocycles. The second-order valence-electron chi connectivity index (χ2n) is 6.84. The van der Waals surface area contributed by atoms with Crippen LogP contribution in [0.15, 0.2) is 67.3 Å². The summed E-state index contributed by atoms with van der Waals surface area (Å²) >= 11 is 0. The molecule has 154 valence electrons. The van der Waals surface area contributed by atoms with Crippen molar-refractivity contribution in [1.82, 2.24) is 10.2 Å². The van der Waals surface area contributed by atoms with E-state index in [9.17, 15) is 19.2 Å². The zero-order valence-corrected chi connectivity index (χ0v) is 16.5. The van der Waals surface area contributed by atoms with Gasteiger partial charge in [-0.05, 0) is 24.1 Å². The summed E-state index contributed by atoms with van der Waals surface area (Å²) in [6.45, 7) is 3.59. The molecule has 0 spiro atoms. The molecule has 3 rings (SSSR count). The van der Waals surface area contributed by atoms with Gasteiger partial charge in [0.1, 0.15) is 12.1 Å². The van der Waals surface area contributed by atoms with E-state index in [1.54, 1.807) is 36.4 Å². The van der Waals surface area contributed by atoms with Crippen LogP contribution in [0, 0.1) is 0 Å². The molecule has 1 aliphatic rings. The van der Waals surface area contributed by atoms with Crippen LogP contribution >= 0.6 is 0 Å². The fourth-order valence-electron chi connectivity index (χ4n) is 3.42. The van der Waals surface area contributed by atoms with Crippen LogP contribution in [0.1, 0.15) is 32.7 Å². The van der Waals surface area contributed by atoms with Crippen molar-refractivity contribution >= 4 is 23.7 Å². The summed E-state index contributed by atoms with van der Waals surface area (Å²) in [5, 5.41) is 2.60. The lowest BCUT2D eigenvalue weighted by Crippen LogP contribution is -2.54. The minimum absolute atomic E-state index is 0.111. The van der Waals surface area contributed by atoms with Gasteiger partial charge in [-0.2, -0.15) is 0 Å². The first-order valence-corrected chi connectivity index (χ1v) is 9.47. The van der Waals surface area contributed by atoms with Crippen molar-refractivity contribution in [2.45, 2.75) is 24.9 Å². The molecular weight excluding hydrogens is 384 g/mol. The highest BCUT2D eigenvalue weighted by Gasteiger charge is 2.43. The van der Waals surface area contributed by atoms with Gasteiger partial charge in [0.2, 0.25) is 5.91 Å². The second kappa shape index (κ2) is 9.17. The van der Waals surface area contributed by atoms with E-state index in [0.717, 1.165) is 10.5 Å². The molecule has 1 aliphatic heterocycles. The van der Waals surface area contributed by atoms with Gasteiger partial charge in [0.05, 0.1) is 18.2 Å². The summed E-state index contributed by atoms with van der Waals surface area (Å²) in [7, 11) is 1.22. The number of hydrogen-bond acceptors (Lipinski definition) is 5.